The zero-order chi connectivity index (χ0) is 14.5. The summed E-state index contributed by atoms with van der Waals surface area (Å²) in [5, 5.41) is 15.2. The summed E-state index contributed by atoms with van der Waals surface area (Å²) in [7, 11) is 0. The van der Waals surface area contributed by atoms with Crippen LogP contribution in [-0.4, -0.2) is 11.1 Å². The molecule has 2 amide bonds. The standard InChI is InChI=1S/C15H15ClN2O2/c1-10(19)11-6-8-12(9-7-11)17-15(20)18-14-5-3-2-4-13(14)16/h2-10,19H,1H3,(H2,17,18,20). The number of benzene rings is 2. The zero-order valence-corrected chi connectivity index (χ0v) is 11.7. The normalized spacial score (nSPS) is 11.8. The molecule has 0 spiro atoms. The van der Waals surface area contributed by atoms with Gasteiger partial charge in [-0.3, -0.25) is 0 Å². The number of hydrogen-bond donors (Lipinski definition) is 3. The third-order valence-electron chi connectivity index (χ3n) is 2.77. The summed E-state index contributed by atoms with van der Waals surface area (Å²) < 4.78 is 0. The van der Waals surface area contributed by atoms with Crippen molar-refractivity contribution in [1.82, 2.24) is 0 Å². The first-order chi connectivity index (χ1) is 9.56. The Hall–Kier alpha value is -2.04. The molecule has 0 fully saturated rings. The van der Waals surface area contributed by atoms with Crippen molar-refractivity contribution in [2.75, 3.05) is 10.6 Å². The minimum Gasteiger partial charge on any atom is -0.389 e. The molecule has 1 unspecified atom stereocenters. The Morgan fingerprint density at radius 1 is 1.10 bits per heavy atom. The molecule has 1 atom stereocenters. The van der Waals surface area contributed by atoms with Crippen LogP contribution in [0, 0.1) is 0 Å². The van der Waals surface area contributed by atoms with Crippen molar-refractivity contribution in [2.45, 2.75) is 13.0 Å². The maximum Gasteiger partial charge on any atom is 0.323 e. The Kier molecular flexibility index (Phi) is 4.61. The van der Waals surface area contributed by atoms with E-state index in [9.17, 15) is 9.90 Å². The number of aliphatic hydroxyl groups is 1. The number of para-hydroxylation sites is 1. The number of hydrogen-bond acceptors (Lipinski definition) is 2. The second-order valence-electron chi connectivity index (χ2n) is 4.36. The van der Waals surface area contributed by atoms with E-state index >= 15 is 0 Å². The van der Waals surface area contributed by atoms with E-state index in [4.69, 9.17) is 11.6 Å². The van der Waals surface area contributed by atoms with E-state index in [-0.39, 0.29) is 6.03 Å². The summed E-state index contributed by atoms with van der Waals surface area (Å²) >= 11 is 5.96. The Morgan fingerprint density at radius 3 is 2.35 bits per heavy atom. The third kappa shape index (κ3) is 3.73. The van der Waals surface area contributed by atoms with Gasteiger partial charge < -0.3 is 15.7 Å². The Bertz CT molecular complexity index is 597. The molecule has 104 valence electrons. The van der Waals surface area contributed by atoms with Crippen LogP contribution in [0.25, 0.3) is 0 Å². The van der Waals surface area contributed by atoms with E-state index in [1.807, 2.05) is 0 Å². The molecule has 0 heterocycles. The fraction of sp³-hybridized carbons (Fsp3) is 0.133. The third-order valence-corrected chi connectivity index (χ3v) is 3.10. The molecule has 0 saturated heterocycles. The van der Waals surface area contributed by atoms with E-state index in [0.29, 0.717) is 16.4 Å². The number of halogens is 1. The number of anilines is 2. The Labute approximate surface area is 122 Å². The largest absolute Gasteiger partial charge is 0.389 e. The molecule has 3 N–H and O–H groups in total. The van der Waals surface area contributed by atoms with E-state index in [0.717, 1.165) is 5.56 Å². The lowest BCUT2D eigenvalue weighted by molar-refractivity contribution is 0.199. The molecule has 2 rings (SSSR count). The summed E-state index contributed by atoms with van der Waals surface area (Å²) in [4.78, 5) is 11.8. The van der Waals surface area contributed by atoms with Crippen LogP contribution in [-0.2, 0) is 0 Å². The molecule has 5 heteroatoms. The van der Waals surface area contributed by atoms with Crippen molar-refractivity contribution in [3.05, 3.63) is 59.1 Å². The van der Waals surface area contributed by atoms with Crippen molar-refractivity contribution in [3.63, 3.8) is 0 Å². The predicted octanol–water partition coefficient (Wildman–Crippen LogP) is 4.04. The van der Waals surface area contributed by atoms with Gasteiger partial charge in [-0.1, -0.05) is 35.9 Å². The number of carbonyl (C=O) groups is 1. The van der Waals surface area contributed by atoms with Crippen LogP contribution >= 0.6 is 11.6 Å². The van der Waals surface area contributed by atoms with Crippen molar-refractivity contribution < 1.29 is 9.90 Å². The summed E-state index contributed by atoms with van der Waals surface area (Å²) in [5.41, 5.74) is 1.98. The maximum absolute atomic E-state index is 11.8. The fourth-order valence-corrected chi connectivity index (χ4v) is 1.88. The van der Waals surface area contributed by atoms with Crippen LogP contribution in [0.1, 0.15) is 18.6 Å². The second kappa shape index (κ2) is 6.41. The summed E-state index contributed by atoms with van der Waals surface area (Å²) in [6.45, 7) is 1.69. The molecule has 0 bridgehead atoms. The van der Waals surface area contributed by atoms with Crippen LogP contribution in [0.15, 0.2) is 48.5 Å². The van der Waals surface area contributed by atoms with Crippen LogP contribution in [0.4, 0.5) is 16.2 Å². The average Bonchev–Trinajstić information content (AvgIpc) is 2.42. The maximum atomic E-state index is 11.8. The number of carbonyl (C=O) groups excluding carboxylic acids is 1. The highest BCUT2D eigenvalue weighted by atomic mass is 35.5. The average molecular weight is 291 g/mol. The van der Waals surface area contributed by atoms with Crippen LogP contribution < -0.4 is 10.6 Å². The van der Waals surface area contributed by atoms with Gasteiger partial charge in [0.25, 0.3) is 0 Å². The van der Waals surface area contributed by atoms with Crippen LogP contribution in [0.5, 0.6) is 0 Å². The molecule has 4 nitrogen and oxygen atoms in total. The Morgan fingerprint density at radius 2 is 1.75 bits per heavy atom. The highest BCUT2D eigenvalue weighted by molar-refractivity contribution is 6.33. The molecule has 20 heavy (non-hydrogen) atoms. The molecule has 0 aliphatic rings. The summed E-state index contributed by atoms with van der Waals surface area (Å²) in [6.07, 6.45) is -0.527. The quantitative estimate of drug-likeness (QED) is 0.799. The van der Waals surface area contributed by atoms with Crippen molar-refractivity contribution in [3.8, 4) is 0 Å². The number of amides is 2. The highest BCUT2D eigenvalue weighted by Crippen LogP contribution is 2.21. The predicted molar refractivity (Wildman–Crippen MR) is 81.2 cm³/mol. The number of aliphatic hydroxyl groups excluding tert-OH is 1. The van der Waals surface area contributed by atoms with E-state index in [1.54, 1.807) is 55.5 Å². The molecule has 2 aromatic carbocycles. The van der Waals surface area contributed by atoms with Gasteiger partial charge in [-0.25, -0.2) is 4.79 Å². The van der Waals surface area contributed by atoms with Gasteiger partial charge in [0, 0.05) is 5.69 Å². The fourth-order valence-electron chi connectivity index (χ4n) is 1.69. The van der Waals surface area contributed by atoms with Gasteiger partial charge in [0.15, 0.2) is 0 Å². The number of rotatable bonds is 3. The van der Waals surface area contributed by atoms with Gasteiger partial charge in [0.1, 0.15) is 0 Å². The second-order valence-corrected chi connectivity index (χ2v) is 4.76. The van der Waals surface area contributed by atoms with Gasteiger partial charge in [-0.15, -0.1) is 0 Å². The summed E-state index contributed by atoms with van der Waals surface area (Å²) in [5.74, 6) is 0. The molecule has 0 radical (unpaired) electrons. The van der Waals surface area contributed by atoms with Gasteiger partial charge in [0.05, 0.1) is 16.8 Å². The van der Waals surface area contributed by atoms with Crippen LogP contribution in [0.2, 0.25) is 5.02 Å². The smallest absolute Gasteiger partial charge is 0.323 e. The lowest BCUT2D eigenvalue weighted by Gasteiger charge is -2.10. The zero-order valence-electron chi connectivity index (χ0n) is 10.9. The molecule has 2 aromatic rings. The molecule has 0 aromatic heterocycles. The van der Waals surface area contributed by atoms with E-state index < -0.39 is 6.10 Å². The number of urea groups is 1. The SMILES string of the molecule is CC(O)c1ccc(NC(=O)Nc2ccccc2Cl)cc1. The van der Waals surface area contributed by atoms with Gasteiger partial charge in [-0.2, -0.15) is 0 Å². The first-order valence-corrected chi connectivity index (χ1v) is 6.54. The summed E-state index contributed by atoms with van der Waals surface area (Å²) in [6, 6.07) is 13.6. The van der Waals surface area contributed by atoms with Crippen molar-refractivity contribution >= 4 is 29.0 Å². The molecular weight excluding hydrogens is 276 g/mol. The molecule has 0 saturated carbocycles. The first-order valence-electron chi connectivity index (χ1n) is 6.17. The van der Waals surface area contributed by atoms with Gasteiger partial charge in [-0.05, 0) is 36.8 Å². The Balaban J connectivity index is 1.99. The lowest BCUT2D eigenvalue weighted by atomic mass is 10.1. The number of nitrogens with one attached hydrogen (secondary N) is 2. The minimum absolute atomic E-state index is 0.372. The minimum atomic E-state index is -0.527. The topological polar surface area (TPSA) is 61.4 Å². The monoisotopic (exact) mass is 290 g/mol. The van der Waals surface area contributed by atoms with Gasteiger partial charge in [0.2, 0.25) is 0 Å². The molecular formula is C15H15ClN2O2. The van der Waals surface area contributed by atoms with E-state index in [1.165, 1.54) is 0 Å². The van der Waals surface area contributed by atoms with Crippen molar-refractivity contribution in [2.24, 2.45) is 0 Å². The van der Waals surface area contributed by atoms with Crippen molar-refractivity contribution in [1.29, 1.82) is 0 Å². The first kappa shape index (κ1) is 14.4. The van der Waals surface area contributed by atoms with Gasteiger partial charge >= 0.3 is 6.03 Å². The molecule has 0 aliphatic carbocycles. The van der Waals surface area contributed by atoms with E-state index in [2.05, 4.69) is 10.6 Å². The highest BCUT2D eigenvalue weighted by Gasteiger charge is 2.06. The van der Waals surface area contributed by atoms with Crippen LogP contribution in [0.3, 0.4) is 0 Å². The lowest BCUT2D eigenvalue weighted by Crippen LogP contribution is -2.19. The molecule has 0 aliphatic heterocycles.